The van der Waals surface area contributed by atoms with Gasteiger partial charge in [0.15, 0.2) is 0 Å². The molecule has 0 aromatic rings. The van der Waals surface area contributed by atoms with Crippen LogP contribution in [0.1, 0.15) is 77.0 Å². The van der Waals surface area contributed by atoms with Gasteiger partial charge in [0.05, 0.1) is 0 Å². The van der Waals surface area contributed by atoms with Gasteiger partial charge in [0, 0.05) is 11.6 Å². The highest BCUT2D eigenvalue weighted by molar-refractivity contribution is 5.02. The Morgan fingerprint density at radius 2 is 1.40 bits per heavy atom. The van der Waals surface area contributed by atoms with E-state index < -0.39 is 0 Å². The van der Waals surface area contributed by atoms with E-state index in [1.807, 2.05) is 0 Å². The molecule has 2 rings (SSSR count). The summed E-state index contributed by atoms with van der Waals surface area (Å²) in [7, 11) is 4.54. The average Bonchev–Trinajstić information content (AvgIpc) is 2.83. The van der Waals surface area contributed by atoms with Crippen LogP contribution in [-0.2, 0) is 0 Å². The largest absolute Gasteiger partial charge is 0.302 e. The minimum atomic E-state index is 0.278. The smallest absolute Gasteiger partial charge is 0.0422 e. The number of likely N-dealkylation sites (N-methyl/N-ethyl adjacent to an activating group) is 1. The lowest BCUT2D eigenvalue weighted by atomic mass is 9.73. The van der Waals surface area contributed by atoms with Crippen molar-refractivity contribution in [2.45, 2.75) is 88.6 Å². The molecule has 3 heteroatoms. The fourth-order valence-electron chi connectivity index (χ4n) is 4.75. The van der Waals surface area contributed by atoms with E-state index in [1.54, 1.807) is 0 Å². The van der Waals surface area contributed by atoms with Crippen molar-refractivity contribution in [3.05, 3.63) is 0 Å². The summed E-state index contributed by atoms with van der Waals surface area (Å²) in [5, 5.41) is 0. The molecule has 0 radical (unpaired) electrons. The van der Waals surface area contributed by atoms with Crippen LogP contribution in [-0.4, -0.2) is 30.6 Å². The van der Waals surface area contributed by atoms with Crippen LogP contribution in [0.15, 0.2) is 0 Å². The molecule has 0 bridgehead atoms. The van der Waals surface area contributed by atoms with Crippen LogP contribution in [0.25, 0.3) is 0 Å². The number of hydrogen-bond acceptors (Lipinski definition) is 3. The van der Waals surface area contributed by atoms with Gasteiger partial charge in [-0.15, -0.1) is 0 Å². The summed E-state index contributed by atoms with van der Waals surface area (Å²) in [6, 6.07) is 0.466. The molecule has 1 atom stereocenters. The van der Waals surface area contributed by atoms with E-state index in [0.717, 1.165) is 5.92 Å². The number of rotatable bonds is 4. The third-order valence-corrected chi connectivity index (χ3v) is 5.99. The quantitative estimate of drug-likeness (QED) is 0.471. The van der Waals surface area contributed by atoms with Crippen molar-refractivity contribution in [2.75, 3.05) is 14.1 Å². The van der Waals surface area contributed by atoms with Crippen LogP contribution in [0.2, 0.25) is 0 Å². The molecule has 0 aliphatic heterocycles. The van der Waals surface area contributed by atoms with E-state index >= 15 is 0 Å². The molecule has 0 aromatic carbocycles. The molecule has 1 unspecified atom stereocenters. The lowest BCUT2D eigenvalue weighted by Gasteiger charge is -2.48. The zero-order valence-corrected chi connectivity index (χ0v) is 13.7. The molecular weight excluding hydrogens is 246 g/mol. The molecule has 2 aliphatic rings. The first-order valence-corrected chi connectivity index (χ1v) is 8.84. The standard InChI is InChI=1S/C17H35N3/c1-20(2)17(13-9-5-6-10-14-17)16(19-18)15-11-7-3-4-8-12-15/h15-16,19H,3-14,18H2,1-2H3. The summed E-state index contributed by atoms with van der Waals surface area (Å²) in [5.74, 6) is 6.85. The molecule has 2 aliphatic carbocycles. The molecule has 0 saturated heterocycles. The second kappa shape index (κ2) is 7.77. The molecule has 3 N–H and O–H groups in total. The zero-order valence-electron chi connectivity index (χ0n) is 13.7. The van der Waals surface area contributed by atoms with Crippen molar-refractivity contribution in [3.63, 3.8) is 0 Å². The minimum Gasteiger partial charge on any atom is -0.302 e. The first-order valence-electron chi connectivity index (χ1n) is 8.84. The lowest BCUT2D eigenvalue weighted by Crippen LogP contribution is -2.63. The average molecular weight is 281 g/mol. The Morgan fingerprint density at radius 1 is 0.900 bits per heavy atom. The summed E-state index contributed by atoms with van der Waals surface area (Å²) >= 11 is 0. The van der Waals surface area contributed by atoms with E-state index in [0.29, 0.717) is 6.04 Å². The Bertz CT molecular complexity index is 261. The van der Waals surface area contributed by atoms with Crippen molar-refractivity contribution < 1.29 is 0 Å². The predicted molar refractivity (Wildman–Crippen MR) is 86.4 cm³/mol. The highest BCUT2D eigenvalue weighted by atomic mass is 15.3. The van der Waals surface area contributed by atoms with Gasteiger partial charge in [0.25, 0.3) is 0 Å². The number of hydrazine groups is 1. The Morgan fingerprint density at radius 3 is 1.85 bits per heavy atom. The van der Waals surface area contributed by atoms with E-state index in [9.17, 15) is 0 Å². The normalized spacial score (nSPS) is 27.0. The van der Waals surface area contributed by atoms with Gasteiger partial charge in [0.1, 0.15) is 0 Å². The maximum atomic E-state index is 6.08. The second-order valence-electron chi connectivity index (χ2n) is 7.31. The molecule has 0 spiro atoms. The van der Waals surface area contributed by atoms with E-state index in [2.05, 4.69) is 24.4 Å². The van der Waals surface area contributed by atoms with Gasteiger partial charge < -0.3 is 4.90 Å². The van der Waals surface area contributed by atoms with Crippen LogP contribution in [0.3, 0.4) is 0 Å². The van der Waals surface area contributed by atoms with E-state index in [1.165, 1.54) is 77.0 Å². The van der Waals surface area contributed by atoms with Gasteiger partial charge in [-0.05, 0) is 45.7 Å². The van der Waals surface area contributed by atoms with Crippen LogP contribution in [0.4, 0.5) is 0 Å². The Labute approximate surface area is 125 Å². The van der Waals surface area contributed by atoms with Gasteiger partial charge in [-0.1, -0.05) is 51.4 Å². The third kappa shape index (κ3) is 3.55. The Balaban J connectivity index is 2.18. The number of hydrogen-bond donors (Lipinski definition) is 2. The number of nitrogens with two attached hydrogens (primary N) is 1. The molecule has 0 heterocycles. The first kappa shape index (κ1) is 16.3. The first-order chi connectivity index (χ1) is 9.70. The summed E-state index contributed by atoms with van der Waals surface area (Å²) in [6.07, 6.45) is 16.5. The number of nitrogens with zero attached hydrogens (tertiary/aromatic N) is 1. The van der Waals surface area contributed by atoms with Crippen LogP contribution >= 0.6 is 0 Å². The molecule has 0 aromatic heterocycles. The van der Waals surface area contributed by atoms with Crippen molar-refractivity contribution in [1.29, 1.82) is 0 Å². The van der Waals surface area contributed by atoms with Crippen LogP contribution < -0.4 is 11.3 Å². The Hall–Kier alpha value is -0.120. The molecule has 2 fully saturated rings. The van der Waals surface area contributed by atoms with Crippen molar-refractivity contribution in [3.8, 4) is 0 Å². The Kier molecular flexibility index (Phi) is 6.31. The molecule has 20 heavy (non-hydrogen) atoms. The molecule has 2 saturated carbocycles. The van der Waals surface area contributed by atoms with Crippen molar-refractivity contribution in [2.24, 2.45) is 11.8 Å². The SMILES string of the molecule is CN(C)C1(C(NN)C2CCCCCC2)CCCCCC1. The lowest BCUT2D eigenvalue weighted by molar-refractivity contribution is 0.0480. The third-order valence-electron chi connectivity index (χ3n) is 5.99. The summed E-state index contributed by atoms with van der Waals surface area (Å²) in [5.41, 5.74) is 3.56. The van der Waals surface area contributed by atoms with Gasteiger partial charge in [0.2, 0.25) is 0 Å². The van der Waals surface area contributed by atoms with Crippen molar-refractivity contribution >= 4 is 0 Å². The summed E-state index contributed by atoms with van der Waals surface area (Å²) in [4.78, 5) is 2.49. The number of nitrogens with one attached hydrogen (secondary N) is 1. The minimum absolute atomic E-state index is 0.278. The topological polar surface area (TPSA) is 41.3 Å². The fraction of sp³-hybridized carbons (Fsp3) is 1.00. The summed E-state index contributed by atoms with van der Waals surface area (Å²) < 4.78 is 0. The molecule has 0 amide bonds. The highest BCUT2D eigenvalue weighted by Gasteiger charge is 2.43. The molecule has 3 nitrogen and oxygen atoms in total. The maximum absolute atomic E-state index is 6.08. The van der Waals surface area contributed by atoms with Crippen LogP contribution in [0, 0.1) is 5.92 Å². The van der Waals surface area contributed by atoms with E-state index in [4.69, 9.17) is 5.84 Å². The molecular formula is C17H35N3. The van der Waals surface area contributed by atoms with Crippen molar-refractivity contribution in [1.82, 2.24) is 10.3 Å². The van der Waals surface area contributed by atoms with E-state index in [-0.39, 0.29) is 5.54 Å². The highest BCUT2D eigenvalue weighted by Crippen LogP contribution is 2.39. The molecule has 118 valence electrons. The van der Waals surface area contributed by atoms with Gasteiger partial charge in [-0.2, -0.15) is 0 Å². The van der Waals surface area contributed by atoms with Gasteiger partial charge >= 0.3 is 0 Å². The monoisotopic (exact) mass is 281 g/mol. The predicted octanol–water partition coefficient (Wildman–Crippen LogP) is 3.44. The van der Waals surface area contributed by atoms with Gasteiger partial charge in [-0.25, -0.2) is 0 Å². The van der Waals surface area contributed by atoms with Crippen LogP contribution in [0.5, 0.6) is 0 Å². The second-order valence-corrected chi connectivity index (χ2v) is 7.31. The zero-order chi connectivity index (χ0) is 14.4. The van der Waals surface area contributed by atoms with Gasteiger partial charge in [-0.3, -0.25) is 11.3 Å². The fourth-order valence-corrected chi connectivity index (χ4v) is 4.75. The maximum Gasteiger partial charge on any atom is 0.0422 e. The summed E-state index contributed by atoms with van der Waals surface area (Å²) in [6.45, 7) is 0.